The van der Waals surface area contributed by atoms with Crippen LogP contribution in [0.2, 0.25) is 0 Å². The van der Waals surface area contributed by atoms with Crippen LogP contribution in [0.5, 0.6) is 0 Å². The van der Waals surface area contributed by atoms with Crippen LogP contribution in [0.4, 0.5) is 4.39 Å². The Morgan fingerprint density at radius 1 is 1.13 bits per heavy atom. The van der Waals surface area contributed by atoms with Gasteiger partial charge in [0.25, 0.3) is 0 Å². The van der Waals surface area contributed by atoms with Gasteiger partial charge in [0.1, 0.15) is 5.82 Å². The highest BCUT2D eigenvalue weighted by Gasteiger charge is 2.23. The Morgan fingerprint density at radius 2 is 1.97 bits per heavy atom. The zero-order chi connectivity index (χ0) is 20.5. The van der Waals surface area contributed by atoms with Crippen molar-refractivity contribution in [1.82, 2.24) is 24.2 Å². The number of aromatic nitrogens is 4. The number of hydrogen-bond acceptors (Lipinski definition) is 5. The van der Waals surface area contributed by atoms with Gasteiger partial charge in [-0.25, -0.2) is 13.9 Å². The number of likely N-dealkylation sites (tertiary alicyclic amines) is 1. The Kier molecular flexibility index (Phi) is 5.08. The maximum atomic E-state index is 13.9. The van der Waals surface area contributed by atoms with E-state index in [0.717, 1.165) is 56.3 Å². The van der Waals surface area contributed by atoms with Gasteiger partial charge in [0, 0.05) is 24.2 Å². The molecular weight excluding hydrogens is 385 g/mol. The van der Waals surface area contributed by atoms with Gasteiger partial charge in [-0.2, -0.15) is 0 Å². The highest BCUT2D eigenvalue weighted by molar-refractivity contribution is 5.80. The Labute approximate surface area is 172 Å². The molecule has 1 aromatic carbocycles. The molecule has 0 radical (unpaired) electrons. The Hall–Kier alpha value is -3.00. The number of unbranched alkanes of at least 4 members (excludes halogenated alkanes) is 1. The minimum atomic E-state index is -0.265. The summed E-state index contributed by atoms with van der Waals surface area (Å²) >= 11 is 0. The number of halogens is 1. The Morgan fingerprint density at radius 3 is 2.80 bits per heavy atom. The molecule has 0 bridgehead atoms. The molecule has 7 nitrogen and oxygen atoms in total. The largest absolute Gasteiger partial charge is 0.356 e. The summed E-state index contributed by atoms with van der Waals surface area (Å²) in [4.78, 5) is 14.8. The molecule has 0 spiro atoms. The molecule has 156 valence electrons. The van der Waals surface area contributed by atoms with Crippen LogP contribution in [0.3, 0.4) is 0 Å². The smallest absolute Gasteiger partial charge is 0.350 e. The fraction of sp³-hybridized carbons (Fsp3) is 0.409. The van der Waals surface area contributed by atoms with E-state index in [0.29, 0.717) is 23.7 Å². The van der Waals surface area contributed by atoms with Gasteiger partial charge in [0.05, 0.1) is 6.20 Å². The third-order valence-corrected chi connectivity index (χ3v) is 6.08. The normalized spacial score (nSPS) is 16.0. The van der Waals surface area contributed by atoms with Crippen molar-refractivity contribution < 1.29 is 8.91 Å². The van der Waals surface area contributed by atoms with Gasteiger partial charge < -0.3 is 9.42 Å². The molecule has 1 fully saturated rings. The average Bonchev–Trinajstić information content (AvgIpc) is 3.36. The van der Waals surface area contributed by atoms with Gasteiger partial charge in [-0.05, 0) is 75.0 Å². The fourth-order valence-corrected chi connectivity index (χ4v) is 4.48. The summed E-state index contributed by atoms with van der Waals surface area (Å²) in [7, 11) is 0. The molecule has 0 saturated carbocycles. The zero-order valence-corrected chi connectivity index (χ0v) is 16.7. The lowest BCUT2D eigenvalue weighted by atomic mass is 9.87. The number of pyridine rings is 1. The first-order valence-electron chi connectivity index (χ1n) is 10.5. The number of rotatable bonds is 6. The Balaban J connectivity index is 1.13. The molecule has 0 amide bonds. The molecule has 4 heterocycles. The van der Waals surface area contributed by atoms with E-state index < -0.39 is 0 Å². The van der Waals surface area contributed by atoms with Crippen LogP contribution in [-0.2, 0) is 6.54 Å². The summed E-state index contributed by atoms with van der Waals surface area (Å²) in [6.07, 6.45) is 7.36. The van der Waals surface area contributed by atoms with E-state index >= 15 is 0 Å². The molecule has 5 rings (SSSR count). The number of benzene rings is 1. The van der Waals surface area contributed by atoms with Crippen LogP contribution < -0.4 is 5.69 Å². The van der Waals surface area contributed by atoms with E-state index in [1.54, 1.807) is 27.5 Å². The lowest BCUT2D eigenvalue weighted by Gasteiger charge is -2.32. The molecule has 4 aromatic rings. The number of aryl methyl sites for hydroxylation is 1. The maximum Gasteiger partial charge on any atom is 0.350 e. The first kappa shape index (κ1) is 19.0. The van der Waals surface area contributed by atoms with Crippen LogP contribution in [0.15, 0.2) is 52.0 Å². The van der Waals surface area contributed by atoms with E-state index in [2.05, 4.69) is 15.2 Å². The lowest BCUT2D eigenvalue weighted by Crippen LogP contribution is -2.34. The molecule has 8 heteroatoms. The van der Waals surface area contributed by atoms with Gasteiger partial charge >= 0.3 is 5.69 Å². The molecule has 0 N–H and O–H groups in total. The van der Waals surface area contributed by atoms with Crippen molar-refractivity contribution in [2.75, 3.05) is 19.6 Å². The first-order valence-corrected chi connectivity index (χ1v) is 10.5. The number of hydrogen-bond donors (Lipinski definition) is 0. The third kappa shape index (κ3) is 3.63. The Bertz CT molecular complexity index is 1220. The van der Waals surface area contributed by atoms with Gasteiger partial charge in [0.2, 0.25) is 0 Å². The molecule has 0 aliphatic carbocycles. The van der Waals surface area contributed by atoms with Crippen molar-refractivity contribution in [1.29, 1.82) is 0 Å². The van der Waals surface area contributed by atoms with Gasteiger partial charge in [-0.3, -0.25) is 4.40 Å². The van der Waals surface area contributed by atoms with Crippen LogP contribution in [-0.4, -0.2) is 43.9 Å². The summed E-state index contributed by atoms with van der Waals surface area (Å²) in [5.74, 6) is 0.0641. The molecule has 1 aliphatic heterocycles. The molecule has 30 heavy (non-hydrogen) atoms. The molecular formula is C22H24FN5O2. The standard InChI is InChI=1S/C22H24FN5O2/c23-17-13-18(19-15-24-30-20(19)14-17)16-6-11-26(12-7-16)8-3-4-10-28-22(29)27-9-2-1-5-21(27)25-28/h1-2,5,9,13-16H,3-4,6-8,10-12H2. The predicted octanol–water partition coefficient (Wildman–Crippen LogP) is 3.44. The minimum absolute atomic E-state index is 0.0819. The summed E-state index contributed by atoms with van der Waals surface area (Å²) in [5, 5.41) is 9.13. The molecule has 3 aromatic heterocycles. The van der Waals surface area contributed by atoms with Crippen LogP contribution in [0.1, 0.15) is 37.2 Å². The second-order valence-corrected chi connectivity index (χ2v) is 7.99. The highest BCUT2D eigenvalue weighted by Crippen LogP contribution is 2.33. The van der Waals surface area contributed by atoms with Crippen molar-refractivity contribution in [3.63, 3.8) is 0 Å². The number of fused-ring (bicyclic) bond motifs is 2. The minimum Gasteiger partial charge on any atom is -0.356 e. The van der Waals surface area contributed by atoms with E-state index in [9.17, 15) is 9.18 Å². The maximum absolute atomic E-state index is 13.9. The molecule has 1 aliphatic rings. The number of piperidine rings is 1. The fourth-order valence-electron chi connectivity index (χ4n) is 4.48. The second kappa shape index (κ2) is 8.02. The van der Waals surface area contributed by atoms with Gasteiger partial charge in [-0.15, -0.1) is 5.10 Å². The van der Waals surface area contributed by atoms with Gasteiger partial charge in [-0.1, -0.05) is 11.2 Å². The number of nitrogens with zero attached hydrogens (tertiary/aromatic N) is 5. The summed E-state index contributed by atoms with van der Waals surface area (Å²) < 4.78 is 22.2. The van der Waals surface area contributed by atoms with E-state index in [-0.39, 0.29) is 11.5 Å². The zero-order valence-electron chi connectivity index (χ0n) is 16.7. The quantitative estimate of drug-likeness (QED) is 0.457. The van der Waals surface area contributed by atoms with Crippen molar-refractivity contribution in [2.45, 2.75) is 38.1 Å². The van der Waals surface area contributed by atoms with E-state index in [1.165, 1.54) is 6.07 Å². The average molecular weight is 409 g/mol. The van der Waals surface area contributed by atoms with Crippen LogP contribution in [0.25, 0.3) is 16.6 Å². The van der Waals surface area contributed by atoms with Crippen molar-refractivity contribution >= 4 is 16.6 Å². The third-order valence-electron chi connectivity index (χ3n) is 6.08. The predicted molar refractivity (Wildman–Crippen MR) is 111 cm³/mol. The van der Waals surface area contributed by atoms with E-state index in [4.69, 9.17) is 4.52 Å². The van der Waals surface area contributed by atoms with Crippen LogP contribution >= 0.6 is 0 Å². The first-order chi connectivity index (χ1) is 14.7. The summed E-state index contributed by atoms with van der Waals surface area (Å²) in [6.45, 7) is 3.61. The summed E-state index contributed by atoms with van der Waals surface area (Å²) in [6, 6.07) is 8.59. The van der Waals surface area contributed by atoms with Gasteiger partial charge in [0.15, 0.2) is 11.2 Å². The van der Waals surface area contributed by atoms with Crippen molar-refractivity contribution in [2.24, 2.45) is 0 Å². The van der Waals surface area contributed by atoms with Crippen LogP contribution in [0, 0.1) is 5.82 Å². The topological polar surface area (TPSA) is 68.6 Å². The molecule has 0 atom stereocenters. The van der Waals surface area contributed by atoms with E-state index in [1.807, 2.05) is 18.2 Å². The van der Waals surface area contributed by atoms with Crippen molar-refractivity contribution in [3.8, 4) is 0 Å². The second-order valence-electron chi connectivity index (χ2n) is 7.99. The summed E-state index contributed by atoms with van der Waals surface area (Å²) in [5.41, 5.74) is 2.14. The molecule has 1 saturated heterocycles. The monoisotopic (exact) mass is 409 g/mol. The highest BCUT2D eigenvalue weighted by atomic mass is 19.1. The van der Waals surface area contributed by atoms with Crippen molar-refractivity contribution in [3.05, 3.63) is 64.6 Å². The molecule has 0 unspecified atom stereocenters. The lowest BCUT2D eigenvalue weighted by molar-refractivity contribution is 0.207. The SMILES string of the molecule is O=c1n(CCCCN2CCC(c3cc(F)cc4oncc34)CC2)nc2ccccn12.